The number of hydrogen-bond donors (Lipinski definition) is 2. The van der Waals surface area contributed by atoms with Crippen molar-refractivity contribution in [2.45, 2.75) is 53.6 Å². The predicted octanol–water partition coefficient (Wildman–Crippen LogP) is 6.91. The fourth-order valence-electron chi connectivity index (χ4n) is 2.81. The highest BCUT2D eigenvalue weighted by atomic mass is 32.2. The van der Waals surface area contributed by atoms with Crippen LogP contribution in [0.4, 0.5) is 0 Å². The summed E-state index contributed by atoms with van der Waals surface area (Å²) >= 11 is 1.67. The van der Waals surface area contributed by atoms with Gasteiger partial charge in [-0.05, 0) is 67.0 Å². The second-order valence-electron chi connectivity index (χ2n) is 8.21. The van der Waals surface area contributed by atoms with Crippen LogP contribution in [0.2, 0.25) is 0 Å². The maximum atomic E-state index is 6.11. The normalized spacial score (nSPS) is 13.4. The molecule has 0 aliphatic rings. The predicted molar refractivity (Wildman–Crippen MR) is 140 cm³/mol. The van der Waals surface area contributed by atoms with Crippen LogP contribution < -0.4 is 15.8 Å². The number of nitrogens with two attached hydrogens (primary N) is 1. The van der Waals surface area contributed by atoms with E-state index in [1.54, 1.807) is 11.8 Å². The van der Waals surface area contributed by atoms with E-state index in [4.69, 9.17) is 10.5 Å². The number of thioether (sulfide) groups is 1. The second kappa shape index (κ2) is 12.5. The summed E-state index contributed by atoms with van der Waals surface area (Å²) in [6.07, 6.45) is 5.03. The number of ether oxygens (including phenoxy) is 1. The summed E-state index contributed by atoms with van der Waals surface area (Å²) in [7, 11) is 0. The van der Waals surface area contributed by atoms with E-state index in [9.17, 15) is 0 Å². The molecule has 2 atom stereocenters. The highest BCUT2D eigenvalue weighted by Gasteiger charge is 2.10. The second-order valence-corrected chi connectivity index (χ2v) is 9.55. The summed E-state index contributed by atoms with van der Waals surface area (Å²) in [5, 5.41) is 3.42. The highest BCUT2D eigenvalue weighted by Crippen LogP contribution is 2.35. The molecule has 1 aromatic carbocycles. The van der Waals surface area contributed by atoms with Crippen molar-refractivity contribution in [1.82, 2.24) is 10.3 Å². The van der Waals surface area contributed by atoms with Crippen LogP contribution in [0.5, 0.6) is 5.75 Å². The molecular weight excluding hydrogens is 414 g/mol. The van der Waals surface area contributed by atoms with Gasteiger partial charge in [-0.3, -0.25) is 4.98 Å². The molecule has 32 heavy (non-hydrogen) atoms. The standard InChI is InChI=1S/C27H37N3OS/c1-8-18(3)17-31-26-13-24(12-25(14-26)22(7)32-19(4)9-2)21(6)29-15-23-10-11-27(20(5)28)30-16-23/h9-14,16,18,20,29H,6-8,15,17,28H2,1-5H3/b19-9-/t18-,20?/m1/s1. The van der Waals surface area contributed by atoms with Gasteiger partial charge in [0, 0.05) is 34.9 Å². The van der Waals surface area contributed by atoms with Gasteiger partial charge in [-0.1, -0.05) is 57.3 Å². The molecule has 0 aliphatic heterocycles. The number of hydrogen-bond acceptors (Lipinski definition) is 5. The molecule has 1 heterocycles. The summed E-state index contributed by atoms with van der Waals surface area (Å²) in [5.74, 6) is 1.33. The molecule has 2 aromatic rings. The zero-order valence-corrected chi connectivity index (χ0v) is 20.9. The average molecular weight is 452 g/mol. The first-order chi connectivity index (χ1) is 15.2. The van der Waals surface area contributed by atoms with Crippen LogP contribution in [0, 0.1) is 5.92 Å². The first-order valence-electron chi connectivity index (χ1n) is 11.1. The number of nitrogens with zero attached hydrogens (tertiary/aromatic N) is 1. The summed E-state index contributed by atoms with van der Waals surface area (Å²) < 4.78 is 6.11. The van der Waals surface area contributed by atoms with E-state index >= 15 is 0 Å². The third-order valence-electron chi connectivity index (χ3n) is 5.32. The Kier molecular flexibility index (Phi) is 10.1. The number of rotatable bonds is 12. The average Bonchev–Trinajstić information content (AvgIpc) is 2.80. The molecule has 0 aliphatic carbocycles. The Morgan fingerprint density at radius 3 is 2.53 bits per heavy atom. The molecule has 0 saturated carbocycles. The molecule has 0 bridgehead atoms. The van der Waals surface area contributed by atoms with Crippen LogP contribution >= 0.6 is 11.8 Å². The molecule has 1 unspecified atom stereocenters. The quantitative estimate of drug-likeness (QED) is 0.367. The van der Waals surface area contributed by atoms with E-state index in [2.05, 4.69) is 62.4 Å². The van der Waals surface area contributed by atoms with Crippen molar-refractivity contribution in [1.29, 1.82) is 0 Å². The smallest absolute Gasteiger partial charge is 0.120 e. The van der Waals surface area contributed by atoms with Crippen LogP contribution in [0.1, 0.15) is 69.5 Å². The van der Waals surface area contributed by atoms with E-state index in [1.807, 2.05) is 38.2 Å². The molecule has 0 amide bonds. The molecule has 2 rings (SSSR count). The fourth-order valence-corrected chi connectivity index (χ4v) is 3.55. The van der Waals surface area contributed by atoms with Crippen LogP contribution in [-0.4, -0.2) is 11.6 Å². The number of nitrogens with one attached hydrogen (secondary N) is 1. The van der Waals surface area contributed by atoms with Gasteiger partial charge in [0.25, 0.3) is 0 Å². The minimum Gasteiger partial charge on any atom is -0.493 e. The zero-order valence-electron chi connectivity index (χ0n) is 20.1. The summed E-state index contributed by atoms with van der Waals surface area (Å²) in [5.41, 5.74) is 10.7. The largest absolute Gasteiger partial charge is 0.493 e. The van der Waals surface area contributed by atoms with Crippen molar-refractivity contribution in [2.24, 2.45) is 11.7 Å². The van der Waals surface area contributed by atoms with Crippen LogP contribution in [0.3, 0.4) is 0 Å². The third kappa shape index (κ3) is 7.88. The van der Waals surface area contributed by atoms with Gasteiger partial charge in [-0.2, -0.15) is 0 Å². The molecule has 1 aromatic heterocycles. The van der Waals surface area contributed by atoms with E-state index in [-0.39, 0.29) is 6.04 Å². The van der Waals surface area contributed by atoms with Gasteiger partial charge >= 0.3 is 0 Å². The summed E-state index contributed by atoms with van der Waals surface area (Å²) in [4.78, 5) is 6.63. The van der Waals surface area contributed by atoms with Crippen molar-refractivity contribution in [3.8, 4) is 5.75 Å². The van der Waals surface area contributed by atoms with Crippen LogP contribution in [0.25, 0.3) is 10.6 Å². The fraction of sp³-hybridized carbons (Fsp3) is 0.370. The lowest BCUT2D eigenvalue weighted by Crippen LogP contribution is -2.13. The lowest BCUT2D eigenvalue weighted by atomic mass is 10.1. The van der Waals surface area contributed by atoms with E-state index in [0.29, 0.717) is 19.1 Å². The molecule has 172 valence electrons. The van der Waals surface area contributed by atoms with Gasteiger partial charge in [0.15, 0.2) is 0 Å². The SMILES string of the molecule is C=C(NCc1ccc(C(C)N)nc1)c1cc(OC[C@H](C)CC)cc(C(=C)S/C(C)=C\C)c1. The zero-order chi connectivity index (χ0) is 23.7. The molecule has 0 fully saturated rings. The van der Waals surface area contributed by atoms with Gasteiger partial charge < -0.3 is 15.8 Å². The highest BCUT2D eigenvalue weighted by molar-refractivity contribution is 8.11. The Hall–Kier alpha value is -2.50. The Bertz CT molecular complexity index is 948. The molecule has 5 heteroatoms. The lowest BCUT2D eigenvalue weighted by Gasteiger charge is -2.17. The number of aromatic nitrogens is 1. The van der Waals surface area contributed by atoms with Gasteiger partial charge in [0.05, 0.1) is 12.3 Å². The number of benzene rings is 1. The molecular formula is C27H37N3OS. The van der Waals surface area contributed by atoms with Crippen LogP contribution in [0.15, 0.2) is 60.7 Å². The van der Waals surface area contributed by atoms with E-state index < -0.39 is 0 Å². The third-order valence-corrected chi connectivity index (χ3v) is 6.36. The van der Waals surface area contributed by atoms with Crippen molar-refractivity contribution in [3.63, 3.8) is 0 Å². The number of pyridine rings is 1. The maximum absolute atomic E-state index is 6.11. The molecule has 4 nitrogen and oxygen atoms in total. The Morgan fingerprint density at radius 1 is 1.22 bits per heavy atom. The van der Waals surface area contributed by atoms with Gasteiger partial charge in [-0.15, -0.1) is 0 Å². The van der Waals surface area contributed by atoms with Crippen molar-refractivity contribution in [3.05, 3.63) is 83.1 Å². The van der Waals surface area contributed by atoms with Crippen molar-refractivity contribution in [2.75, 3.05) is 6.61 Å². The monoisotopic (exact) mass is 451 g/mol. The molecule has 0 spiro atoms. The molecule has 0 saturated heterocycles. The maximum Gasteiger partial charge on any atom is 0.120 e. The number of allylic oxidation sites excluding steroid dienone is 2. The minimum absolute atomic E-state index is 0.0688. The van der Waals surface area contributed by atoms with E-state index in [1.165, 1.54) is 4.91 Å². The lowest BCUT2D eigenvalue weighted by molar-refractivity contribution is 0.256. The first-order valence-corrected chi connectivity index (χ1v) is 12.0. The van der Waals surface area contributed by atoms with Gasteiger partial charge in [0.2, 0.25) is 0 Å². The molecule has 0 radical (unpaired) electrons. The van der Waals surface area contributed by atoms with Crippen molar-refractivity contribution >= 4 is 22.4 Å². The topological polar surface area (TPSA) is 60.2 Å². The summed E-state index contributed by atoms with van der Waals surface area (Å²) in [6, 6.07) is 10.2. The van der Waals surface area contributed by atoms with Crippen molar-refractivity contribution < 1.29 is 4.74 Å². The minimum atomic E-state index is -0.0688. The van der Waals surface area contributed by atoms with Gasteiger partial charge in [-0.25, -0.2) is 0 Å². The Morgan fingerprint density at radius 2 is 1.94 bits per heavy atom. The molecule has 3 N–H and O–H groups in total. The first kappa shape index (κ1) is 25.8. The van der Waals surface area contributed by atoms with Crippen LogP contribution in [-0.2, 0) is 6.54 Å². The Balaban J connectivity index is 2.19. The van der Waals surface area contributed by atoms with Gasteiger partial charge in [0.1, 0.15) is 5.75 Å². The summed E-state index contributed by atoms with van der Waals surface area (Å²) in [6.45, 7) is 20.3. The van der Waals surface area contributed by atoms with E-state index in [0.717, 1.165) is 45.2 Å². The Labute approximate surface area is 198 Å².